The van der Waals surface area contributed by atoms with Crippen molar-refractivity contribution in [3.63, 3.8) is 0 Å². The van der Waals surface area contributed by atoms with Crippen LogP contribution in [0.3, 0.4) is 0 Å². The zero-order valence-corrected chi connectivity index (χ0v) is 12.4. The monoisotopic (exact) mass is 301 g/mol. The number of nitrogens with zero attached hydrogens (tertiary/aromatic N) is 2. The maximum absolute atomic E-state index is 13.0. The van der Waals surface area contributed by atoms with E-state index in [-0.39, 0.29) is 12.4 Å². The SMILES string of the molecule is OCc1ccnc(NC2CCC(c3ccc(F)cc3)CC2)n1. The first-order valence-electron chi connectivity index (χ1n) is 7.69. The molecule has 0 radical (unpaired) electrons. The van der Waals surface area contributed by atoms with Gasteiger partial charge in [-0.15, -0.1) is 0 Å². The second kappa shape index (κ2) is 6.83. The molecule has 3 rings (SSSR count). The van der Waals surface area contributed by atoms with Crippen molar-refractivity contribution in [3.05, 3.63) is 53.6 Å². The Morgan fingerprint density at radius 2 is 1.82 bits per heavy atom. The Balaban J connectivity index is 1.56. The van der Waals surface area contributed by atoms with Gasteiger partial charge >= 0.3 is 0 Å². The third-order valence-electron chi connectivity index (χ3n) is 4.28. The van der Waals surface area contributed by atoms with Crippen molar-refractivity contribution >= 4 is 5.95 Å². The van der Waals surface area contributed by atoms with Gasteiger partial charge in [-0.3, -0.25) is 0 Å². The third kappa shape index (κ3) is 3.60. The third-order valence-corrected chi connectivity index (χ3v) is 4.28. The van der Waals surface area contributed by atoms with E-state index in [0.717, 1.165) is 25.7 Å². The van der Waals surface area contributed by atoms with Crippen LogP contribution >= 0.6 is 0 Å². The molecule has 1 aliphatic carbocycles. The number of aliphatic hydroxyl groups is 1. The summed E-state index contributed by atoms with van der Waals surface area (Å²) in [6, 6.07) is 8.91. The molecule has 0 atom stereocenters. The van der Waals surface area contributed by atoms with Crippen molar-refractivity contribution < 1.29 is 9.50 Å². The first-order chi connectivity index (χ1) is 10.7. The van der Waals surface area contributed by atoms with E-state index < -0.39 is 0 Å². The van der Waals surface area contributed by atoms with Crippen molar-refractivity contribution in [2.45, 2.75) is 44.2 Å². The number of halogens is 1. The van der Waals surface area contributed by atoms with Gasteiger partial charge < -0.3 is 10.4 Å². The minimum atomic E-state index is -0.181. The van der Waals surface area contributed by atoms with Gasteiger partial charge in [-0.2, -0.15) is 0 Å². The van der Waals surface area contributed by atoms with Crippen LogP contribution in [0.4, 0.5) is 10.3 Å². The number of hydrogen-bond donors (Lipinski definition) is 2. The molecule has 1 heterocycles. The molecule has 1 aliphatic rings. The van der Waals surface area contributed by atoms with Crippen LogP contribution in [0.5, 0.6) is 0 Å². The lowest BCUT2D eigenvalue weighted by Gasteiger charge is -2.29. The molecule has 0 bridgehead atoms. The normalized spacial score (nSPS) is 21.5. The van der Waals surface area contributed by atoms with Crippen molar-refractivity contribution in [1.82, 2.24) is 9.97 Å². The summed E-state index contributed by atoms with van der Waals surface area (Å²) >= 11 is 0. The van der Waals surface area contributed by atoms with Crippen LogP contribution in [0.25, 0.3) is 0 Å². The summed E-state index contributed by atoms with van der Waals surface area (Å²) in [5.41, 5.74) is 1.84. The van der Waals surface area contributed by atoms with E-state index in [2.05, 4.69) is 15.3 Å². The lowest BCUT2D eigenvalue weighted by atomic mass is 9.82. The van der Waals surface area contributed by atoms with Gasteiger partial charge in [0, 0.05) is 12.2 Å². The highest BCUT2D eigenvalue weighted by Crippen LogP contribution is 2.33. The summed E-state index contributed by atoms with van der Waals surface area (Å²) in [7, 11) is 0. The first-order valence-corrected chi connectivity index (χ1v) is 7.69. The van der Waals surface area contributed by atoms with E-state index in [0.29, 0.717) is 23.6 Å². The second-order valence-electron chi connectivity index (χ2n) is 5.77. The zero-order chi connectivity index (χ0) is 15.4. The predicted molar refractivity (Wildman–Crippen MR) is 83.0 cm³/mol. The molecular formula is C17H20FN3O. The Kier molecular flexibility index (Phi) is 4.63. The largest absolute Gasteiger partial charge is 0.390 e. The molecule has 0 saturated heterocycles. The summed E-state index contributed by atoms with van der Waals surface area (Å²) < 4.78 is 13.0. The van der Waals surface area contributed by atoms with Gasteiger partial charge in [0.25, 0.3) is 0 Å². The van der Waals surface area contributed by atoms with Gasteiger partial charge in [0.15, 0.2) is 0 Å². The van der Waals surface area contributed by atoms with Gasteiger partial charge in [-0.1, -0.05) is 12.1 Å². The zero-order valence-electron chi connectivity index (χ0n) is 12.4. The quantitative estimate of drug-likeness (QED) is 0.910. The lowest BCUT2D eigenvalue weighted by molar-refractivity contribution is 0.276. The first kappa shape index (κ1) is 14.9. The highest BCUT2D eigenvalue weighted by molar-refractivity contribution is 5.28. The number of rotatable bonds is 4. The number of anilines is 1. The lowest BCUT2D eigenvalue weighted by Crippen LogP contribution is -2.26. The van der Waals surface area contributed by atoms with Crippen LogP contribution in [-0.4, -0.2) is 21.1 Å². The molecule has 1 fully saturated rings. The Hall–Kier alpha value is -2.01. The van der Waals surface area contributed by atoms with Crippen molar-refractivity contribution in [1.29, 1.82) is 0 Å². The molecule has 0 amide bonds. The van der Waals surface area contributed by atoms with E-state index in [1.54, 1.807) is 12.3 Å². The fraction of sp³-hybridized carbons (Fsp3) is 0.412. The molecule has 1 saturated carbocycles. The summed E-state index contributed by atoms with van der Waals surface area (Å²) in [6.07, 6.45) is 5.88. The molecule has 1 aromatic heterocycles. The van der Waals surface area contributed by atoms with Crippen molar-refractivity contribution in [3.8, 4) is 0 Å². The van der Waals surface area contributed by atoms with Gasteiger partial charge in [0.2, 0.25) is 5.95 Å². The maximum Gasteiger partial charge on any atom is 0.223 e. The Labute approximate surface area is 129 Å². The molecule has 2 N–H and O–H groups in total. The summed E-state index contributed by atoms with van der Waals surface area (Å²) in [4.78, 5) is 8.45. The van der Waals surface area contributed by atoms with Crippen LogP contribution in [0.15, 0.2) is 36.5 Å². The summed E-state index contributed by atoms with van der Waals surface area (Å²) in [5.74, 6) is 0.903. The number of hydrogen-bond acceptors (Lipinski definition) is 4. The second-order valence-corrected chi connectivity index (χ2v) is 5.77. The number of aromatic nitrogens is 2. The number of nitrogens with one attached hydrogen (secondary N) is 1. The molecular weight excluding hydrogens is 281 g/mol. The topological polar surface area (TPSA) is 58.0 Å². The van der Waals surface area contributed by atoms with Gasteiger partial charge in [-0.05, 0) is 55.4 Å². The Bertz CT molecular complexity index is 610. The Morgan fingerprint density at radius 3 is 2.50 bits per heavy atom. The van der Waals surface area contributed by atoms with Gasteiger partial charge in [0.1, 0.15) is 5.82 Å². The smallest absolute Gasteiger partial charge is 0.223 e. The number of aliphatic hydroxyl groups excluding tert-OH is 1. The van der Waals surface area contributed by atoms with Crippen molar-refractivity contribution in [2.75, 3.05) is 5.32 Å². The molecule has 116 valence electrons. The molecule has 1 aromatic carbocycles. The minimum Gasteiger partial charge on any atom is -0.390 e. The summed E-state index contributed by atoms with van der Waals surface area (Å²) in [6.45, 7) is -0.0749. The van der Waals surface area contributed by atoms with Gasteiger partial charge in [-0.25, -0.2) is 14.4 Å². The van der Waals surface area contributed by atoms with Crippen LogP contribution in [0.1, 0.15) is 42.9 Å². The Morgan fingerprint density at radius 1 is 1.09 bits per heavy atom. The van der Waals surface area contributed by atoms with Crippen LogP contribution in [0.2, 0.25) is 0 Å². The molecule has 0 unspecified atom stereocenters. The van der Waals surface area contributed by atoms with Crippen LogP contribution < -0.4 is 5.32 Å². The molecule has 0 spiro atoms. The minimum absolute atomic E-state index is 0.0749. The fourth-order valence-electron chi connectivity index (χ4n) is 3.04. The molecule has 22 heavy (non-hydrogen) atoms. The van der Waals surface area contributed by atoms with E-state index >= 15 is 0 Å². The summed E-state index contributed by atoms with van der Waals surface area (Å²) in [5, 5.41) is 12.4. The molecule has 2 aromatic rings. The van der Waals surface area contributed by atoms with E-state index in [1.807, 2.05) is 12.1 Å². The van der Waals surface area contributed by atoms with E-state index in [4.69, 9.17) is 5.11 Å². The highest BCUT2D eigenvalue weighted by Gasteiger charge is 2.22. The van der Waals surface area contributed by atoms with Crippen LogP contribution in [0, 0.1) is 5.82 Å². The van der Waals surface area contributed by atoms with Crippen LogP contribution in [-0.2, 0) is 6.61 Å². The maximum atomic E-state index is 13.0. The molecule has 0 aliphatic heterocycles. The van der Waals surface area contributed by atoms with E-state index in [1.165, 1.54) is 17.7 Å². The molecule has 4 nitrogen and oxygen atoms in total. The number of benzene rings is 1. The average molecular weight is 301 g/mol. The van der Waals surface area contributed by atoms with Crippen molar-refractivity contribution in [2.24, 2.45) is 0 Å². The fourth-order valence-corrected chi connectivity index (χ4v) is 3.04. The molecule has 5 heteroatoms. The predicted octanol–water partition coefficient (Wildman–Crippen LogP) is 3.25. The average Bonchev–Trinajstić information content (AvgIpc) is 2.57. The van der Waals surface area contributed by atoms with E-state index in [9.17, 15) is 4.39 Å². The highest BCUT2D eigenvalue weighted by atomic mass is 19.1. The van der Waals surface area contributed by atoms with Gasteiger partial charge in [0.05, 0.1) is 12.3 Å². The standard InChI is InChI=1S/C17H20FN3O/c18-14-5-1-12(2-6-14)13-3-7-15(8-4-13)20-17-19-10-9-16(11-22)21-17/h1-2,5-6,9-10,13,15,22H,3-4,7-8,11H2,(H,19,20,21).